The number of hydrogen-bond donors (Lipinski definition) is 1. The number of halogens is 4. The second-order valence-corrected chi connectivity index (χ2v) is 4.55. The van der Waals surface area contributed by atoms with Crippen molar-refractivity contribution in [2.24, 2.45) is 5.73 Å². The fourth-order valence-electron chi connectivity index (χ4n) is 1.82. The first-order valence-electron chi connectivity index (χ1n) is 6.11. The number of alkyl halides is 3. The first-order chi connectivity index (χ1) is 9.79. The van der Waals surface area contributed by atoms with Gasteiger partial charge in [-0.05, 0) is 37.3 Å². The zero-order chi connectivity index (χ0) is 15.6. The van der Waals surface area contributed by atoms with Crippen molar-refractivity contribution < 1.29 is 26.7 Å². The molecule has 21 heavy (non-hydrogen) atoms. The van der Waals surface area contributed by atoms with E-state index in [2.05, 4.69) is 0 Å². The third-order valence-corrected chi connectivity index (χ3v) is 2.81. The molecular weight excluding hydrogens is 290 g/mol. The number of hydrogen-bond acceptors (Lipinski definition) is 3. The van der Waals surface area contributed by atoms with Gasteiger partial charge < -0.3 is 14.9 Å². The van der Waals surface area contributed by atoms with Crippen LogP contribution in [0.4, 0.5) is 17.6 Å². The molecule has 2 aromatic rings. The normalized spacial score (nSPS) is 14.8. The van der Waals surface area contributed by atoms with Gasteiger partial charge in [-0.25, -0.2) is 4.39 Å². The molecule has 2 rings (SSSR count). The standard InChI is InChI=1S/C14H13F4NO2/c1-8(19)13(12-3-2-6-20-12)21-9-4-5-11(15)10(7-9)14(16,17)18/h2-8,13H,19H2,1H3. The summed E-state index contributed by atoms with van der Waals surface area (Å²) in [4.78, 5) is 0. The summed E-state index contributed by atoms with van der Waals surface area (Å²) in [5, 5.41) is 0. The lowest BCUT2D eigenvalue weighted by Crippen LogP contribution is -2.28. The number of nitrogens with two attached hydrogens (primary N) is 1. The maximum atomic E-state index is 13.2. The molecular formula is C14H13F4NO2. The van der Waals surface area contributed by atoms with E-state index in [0.717, 1.165) is 6.07 Å². The lowest BCUT2D eigenvalue weighted by Gasteiger charge is -2.21. The summed E-state index contributed by atoms with van der Waals surface area (Å²) in [5.74, 6) is -1.12. The SMILES string of the molecule is CC(N)C(Oc1ccc(F)c(C(F)(F)F)c1)c1ccco1. The van der Waals surface area contributed by atoms with Crippen LogP contribution in [0.3, 0.4) is 0 Å². The Bertz CT molecular complexity index is 594. The maximum Gasteiger partial charge on any atom is 0.419 e. The Balaban J connectivity index is 2.30. The van der Waals surface area contributed by atoms with Crippen molar-refractivity contribution in [3.05, 3.63) is 53.7 Å². The minimum atomic E-state index is -4.79. The van der Waals surface area contributed by atoms with Crippen LogP contribution in [-0.4, -0.2) is 6.04 Å². The number of benzene rings is 1. The van der Waals surface area contributed by atoms with Crippen LogP contribution in [0.5, 0.6) is 5.75 Å². The van der Waals surface area contributed by atoms with Crippen molar-refractivity contribution in [1.82, 2.24) is 0 Å². The van der Waals surface area contributed by atoms with Crippen LogP contribution < -0.4 is 10.5 Å². The van der Waals surface area contributed by atoms with Gasteiger partial charge >= 0.3 is 6.18 Å². The van der Waals surface area contributed by atoms with Gasteiger partial charge in [-0.2, -0.15) is 13.2 Å². The zero-order valence-electron chi connectivity index (χ0n) is 11.0. The average Bonchev–Trinajstić information content (AvgIpc) is 2.89. The quantitative estimate of drug-likeness (QED) is 0.871. The molecule has 0 fully saturated rings. The molecule has 1 heterocycles. The van der Waals surface area contributed by atoms with Gasteiger partial charge in [-0.1, -0.05) is 0 Å². The molecule has 0 spiro atoms. The molecule has 0 saturated carbocycles. The molecule has 0 radical (unpaired) electrons. The summed E-state index contributed by atoms with van der Waals surface area (Å²) in [5.41, 5.74) is 4.36. The Labute approximate surface area is 118 Å². The smallest absolute Gasteiger partial charge is 0.419 e. The van der Waals surface area contributed by atoms with E-state index in [-0.39, 0.29) is 5.75 Å². The summed E-state index contributed by atoms with van der Waals surface area (Å²) in [6.45, 7) is 1.63. The molecule has 0 aliphatic heterocycles. The first kappa shape index (κ1) is 15.4. The Kier molecular flexibility index (Phi) is 4.22. The summed E-state index contributed by atoms with van der Waals surface area (Å²) >= 11 is 0. The van der Waals surface area contributed by atoms with E-state index < -0.39 is 29.7 Å². The van der Waals surface area contributed by atoms with Gasteiger partial charge in [0.25, 0.3) is 0 Å². The number of ether oxygens (including phenoxy) is 1. The van der Waals surface area contributed by atoms with Crippen LogP contribution in [-0.2, 0) is 6.18 Å². The molecule has 0 aliphatic carbocycles. The van der Waals surface area contributed by atoms with E-state index in [0.29, 0.717) is 17.9 Å². The van der Waals surface area contributed by atoms with Gasteiger partial charge in [-0.15, -0.1) is 0 Å². The van der Waals surface area contributed by atoms with Crippen LogP contribution in [0.15, 0.2) is 41.0 Å². The first-order valence-corrected chi connectivity index (χ1v) is 6.11. The maximum absolute atomic E-state index is 13.2. The van der Waals surface area contributed by atoms with Gasteiger partial charge in [0.05, 0.1) is 11.8 Å². The predicted molar refractivity (Wildman–Crippen MR) is 67.1 cm³/mol. The Morgan fingerprint density at radius 1 is 1.24 bits per heavy atom. The summed E-state index contributed by atoms with van der Waals surface area (Å²) < 4.78 is 61.8. The van der Waals surface area contributed by atoms with E-state index in [1.54, 1.807) is 19.1 Å². The molecule has 2 unspecified atom stereocenters. The molecule has 3 nitrogen and oxygen atoms in total. The molecule has 0 amide bonds. The molecule has 1 aromatic heterocycles. The van der Waals surface area contributed by atoms with Crippen LogP contribution in [0.25, 0.3) is 0 Å². The largest absolute Gasteiger partial charge is 0.481 e. The molecule has 2 N–H and O–H groups in total. The van der Waals surface area contributed by atoms with Crippen molar-refractivity contribution >= 4 is 0 Å². The molecule has 0 bridgehead atoms. The van der Waals surface area contributed by atoms with Crippen molar-refractivity contribution in [1.29, 1.82) is 0 Å². The van der Waals surface area contributed by atoms with E-state index in [1.165, 1.54) is 6.26 Å². The highest BCUT2D eigenvalue weighted by molar-refractivity contribution is 5.32. The van der Waals surface area contributed by atoms with Crippen LogP contribution >= 0.6 is 0 Å². The van der Waals surface area contributed by atoms with Crippen molar-refractivity contribution in [3.63, 3.8) is 0 Å². The van der Waals surface area contributed by atoms with E-state index in [4.69, 9.17) is 14.9 Å². The minimum Gasteiger partial charge on any atom is -0.481 e. The van der Waals surface area contributed by atoms with Gasteiger partial charge in [0.2, 0.25) is 0 Å². The third kappa shape index (κ3) is 3.55. The van der Waals surface area contributed by atoms with E-state index in [9.17, 15) is 17.6 Å². The average molecular weight is 303 g/mol. The summed E-state index contributed by atoms with van der Waals surface area (Å²) in [7, 11) is 0. The molecule has 114 valence electrons. The highest BCUT2D eigenvalue weighted by Crippen LogP contribution is 2.35. The highest BCUT2D eigenvalue weighted by Gasteiger charge is 2.35. The van der Waals surface area contributed by atoms with Crippen LogP contribution in [0, 0.1) is 5.82 Å². The number of furan rings is 1. The fraction of sp³-hybridized carbons (Fsp3) is 0.286. The summed E-state index contributed by atoms with van der Waals surface area (Å²) in [6, 6.07) is 5.10. The Hall–Kier alpha value is -2.02. The Morgan fingerprint density at radius 2 is 1.95 bits per heavy atom. The lowest BCUT2D eigenvalue weighted by atomic mass is 10.1. The summed E-state index contributed by atoms with van der Waals surface area (Å²) in [6.07, 6.45) is -4.16. The second-order valence-electron chi connectivity index (χ2n) is 4.55. The monoisotopic (exact) mass is 303 g/mol. The fourth-order valence-corrected chi connectivity index (χ4v) is 1.82. The molecule has 7 heteroatoms. The number of rotatable bonds is 4. The van der Waals surface area contributed by atoms with E-state index in [1.807, 2.05) is 0 Å². The predicted octanol–water partition coefficient (Wildman–Crippen LogP) is 3.90. The van der Waals surface area contributed by atoms with Crippen molar-refractivity contribution in [2.45, 2.75) is 25.2 Å². The third-order valence-electron chi connectivity index (χ3n) is 2.81. The van der Waals surface area contributed by atoms with Gasteiger partial charge in [0.1, 0.15) is 17.3 Å². The van der Waals surface area contributed by atoms with Crippen molar-refractivity contribution in [3.8, 4) is 5.75 Å². The Morgan fingerprint density at radius 3 is 2.48 bits per heavy atom. The van der Waals surface area contributed by atoms with E-state index >= 15 is 0 Å². The minimum absolute atomic E-state index is 0.137. The second kappa shape index (κ2) is 5.77. The van der Waals surface area contributed by atoms with Gasteiger partial charge in [0.15, 0.2) is 6.10 Å². The molecule has 0 saturated heterocycles. The van der Waals surface area contributed by atoms with Crippen molar-refractivity contribution in [2.75, 3.05) is 0 Å². The molecule has 0 aliphatic rings. The topological polar surface area (TPSA) is 48.4 Å². The van der Waals surface area contributed by atoms with Crippen LogP contribution in [0.1, 0.15) is 24.4 Å². The van der Waals surface area contributed by atoms with Gasteiger partial charge in [0, 0.05) is 6.04 Å². The molecule has 1 aromatic carbocycles. The highest BCUT2D eigenvalue weighted by atomic mass is 19.4. The van der Waals surface area contributed by atoms with Gasteiger partial charge in [-0.3, -0.25) is 0 Å². The molecule has 2 atom stereocenters. The lowest BCUT2D eigenvalue weighted by molar-refractivity contribution is -0.140. The zero-order valence-corrected chi connectivity index (χ0v) is 11.0. The van der Waals surface area contributed by atoms with Crippen LogP contribution in [0.2, 0.25) is 0 Å².